The van der Waals surface area contributed by atoms with E-state index in [0.29, 0.717) is 38.1 Å². The van der Waals surface area contributed by atoms with E-state index in [1.165, 1.54) is 13.8 Å². The zero-order valence-corrected chi connectivity index (χ0v) is 15.4. The summed E-state index contributed by atoms with van der Waals surface area (Å²) in [5.74, 6) is -0.977. The summed E-state index contributed by atoms with van der Waals surface area (Å²) in [5.41, 5.74) is -0.863. The molecule has 2 amide bonds. The number of piperidine rings is 1. The molecule has 1 aromatic rings. The van der Waals surface area contributed by atoms with E-state index in [1.54, 1.807) is 29.2 Å². The van der Waals surface area contributed by atoms with Crippen molar-refractivity contribution in [1.82, 2.24) is 10.2 Å². The summed E-state index contributed by atoms with van der Waals surface area (Å²) in [6.45, 7) is 6.28. The number of carbonyl (C=O) groups excluding carboxylic acids is 2. The van der Waals surface area contributed by atoms with Gasteiger partial charge in [-0.05, 0) is 57.9 Å². The molecule has 0 saturated carbocycles. The minimum Gasteiger partial charge on any atom is -0.494 e. The van der Waals surface area contributed by atoms with Gasteiger partial charge < -0.3 is 20.1 Å². The Labute approximate surface area is 153 Å². The van der Waals surface area contributed by atoms with E-state index in [9.17, 15) is 14.4 Å². The van der Waals surface area contributed by atoms with Crippen LogP contribution in [0.4, 0.5) is 0 Å². The highest BCUT2D eigenvalue weighted by atomic mass is 16.5. The number of carboxylic acids is 1. The van der Waals surface area contributed by atoms with Gasteiger partial charge >= 0.3 is 5.97 Å². The molecule has 1 aromatic carbocycles. The monoisotopic (exact) mass is 362 g/mol. The Balaban J connectivity index is 1.88. The number of aliphatic carboxylic acids is 1. The summed E-state index contributed by atoms with van der Waals surface area (Å²) in [6.07, 6.45) is 1.20. The minimum absolute atomic E-state index is 0.0521. The van der Waals surface area contributed by atoms with Gasteiger partial charge in [0.25, 0.3) is 5.91 Å². The molecule has 2 N–H and O–H groups in total. The van der Waals surface area contributed by atoms with Gasteiger partial charge in [0, 0.05) is 24.7 Å². The van der Waals surface area contributed by atoms with Crippen molar-refractivity contribution in [3.05, 3.63) is 29.8 Å². The molecule has 1 heterocycles. The van der Waals surface area contributed by atoms with Crippen LogP contribution in [0.5, 0.6) is 5.75 Å². The Morgan fingerprint density at radius 2 is 1.77 bits per heavy atom. The average Bonchev–Trinajstić information content (AvgIpc) is 2.62. The first kappa shape index (κ1) is 19.8. The molecule has 142 valence electrons. The van der Waals surface area contributed by atoms with Gasteiger partial charge in [0.15, 0.2) is 0 Å². The molecular weight excluding hydrogens is 336 g/mol. The van der Waals surface area contributed by atoms with E-state index in [2.05, 4.69) is 5.32 Å². The van der Waals surface area contributed by atoms with Gasteiger partial charge in [-0.3, -0.25) is 14.4 Å². The van der Waals surface area contributed by atoms with Gasteiger partial charge in [0.2, 0.25) is 5.91 Å². The predicted octanol–water partition coefficient (Wildman–Crippen LogP) is 1.92. The second kappa shape index (κ2) is 8.21. The summed E-state index contributed by atoms with van der Waals surface area (Å²) in [7, 11) is 0. The van der Waals surface area contributed by atoms with E-state index in [1.807, 2.05) is 6.92 Å². The molecule has 0 aliphatic carbocycles. The molecule has 0 bridgehead atoms. The molecule has 7 heteroatoms. The van der Waals surface area contributed by atoms with E-state index in [4.69, 9.17) is 9.84 Å². The summed E-state index contributed by atoms with van der Waals surface area (Å²) in [4.78, 5) is 37.6. The van der Waals surface area contributed by atoms with Crippen LogP contribution in [0.25, 0.3) is 0 Å². The van der Waals surface area contributed by atoms with Crippen molar-refractivity contribution >= 4 is 17.8 Å². The smallest absolute Gasteiger partial charge is 0.318 e. The normalized spacial score (nSPS) is 15.4. The molecule has 0 radical (unpaired) electrons. The maximum absolute atomic E-state index is 12.6. The van der Waals surface area contributed by atoms with Crippen molar-refractivity contribution in [3.63, 3.8) is 0 Å². The molecule has 0 unspecified atom stereocenters. The van der Waals surface area contributed by atoms with Gasteiger partial charge in [-0.15, -0.1) is 0 Å². The lowest BCUT2D eigenvalue weighted by Gasteiger charge is -2.33. The molecule has 1 saturated heterocycles. The van der Waals surface area contributed by atoms with Gasteiger partial charge in [-0.1, -0.05) is 0 Å². The summed E-state index contributed by atoms with van der Waals surface area (Å²) in [6, 6.07) is 6.92. The molecule has 1 aliphatic rings. The van der Waals surface area contributed by atoms with Crippen molar-refractivity contribution in [2.75, 3.05) is 19.7 Å². The number of carboxylic acid groups (broad SMARTS) is 1. The Hall–Kier alpha value is -2.57. The first-order chi connectivity index (χ1) is 12.3. The fraction of sp³-hybridized carbons (Fsp3) is 0.526. The topological polar surface area (TPSA) is 95.9 Å². The number of likely N-dealkylation sites (tertiary alicyclic amines) is 1. The number of hydrogen-bond acceptors (Lipinski definition) is 4. The maximum Gasteiger partial charge on any atom is 0.318 e. The number of rotatable bonds is 6. The minimum atomic E-state index is -1.46. The molecule has 2 rings (SSSR count). The molecule has 0 atom stereocenters. The molecule has 7 nitrogen and oxygen atoms in total. The highest BCUT2D eigenvalue weighted by Crippen LogP contribution is 2.20. The fourth-order valence-corrected chi connectivity index (χ4v) is 2.73. The first-order valence-corrected chi connectivity index (χ1v) is 8.82. The summed E-state index contributed by atoms with van der Waals surface area (Å²) < 4.78 is 5.37. The Morgan fingerprint density at radius 1 is 1.19 bits per heavy atom. The lowest BCUT2D eigenvalue weighted by atomic mass is 9.91. The number of benzene rings is 1. The second-order valence-electron chi connectivity index (χ2n) is 6.93. The average molecular weight is 362 g/mol. The molecule has 0 spiro atoms. The lowest BCUT2D eigenvalue weighted by Crippen LogP contribution is -2.51. The van der Waals surface area contributed by atoms with E-state index >= 15 is 0 Å². The van der Waals surface area contributed by atoms with Crippen molar-refractivity contribution in [2.45, 2.75) is 39.7 Å². The van der Waals surface area contributed by atoms with Crippen LogP contribution in [0.3, 0.4) is 0 Å². The third-order valence-electron chi connectivity index (χ3n) is 4.63. The third kappa shape index (κ3) is 4.53. The molecular formula is C19H26N2O5. The van der Waals surface area contributed by atoms with Crippen LogP contribution >= 0.6 is 0 Å². The molecule has 1 fully saturated rings. The number of ether oxygens (including phenoxy) is 1. The zero-order chi connectivity index (χ0) is 19.3. The van der Waals surface area contributed by atoms with Gasteiger partial charge in [-0.25, -0.2) is 0 Å². The Kier molecular flexibility index (Phi) is 6.23. The zero-order valence-electron chi connectivity index (χ0n) is 15.4. The number of nitrogens with zero attached hydrogens (tertiary/aromatic N) is 1. The van der Waals surface area contributed by atoms with Crippen molar-refractivity contribution in [1.29, 1.82) is 0 Å². The third-order valence-corrected chi connectivity index (χ3v) is 4.63. The van der Waals surface area contributed by atoms with E-state index in [0.717, 1.165) is 5.75 Å². The first-order valence-electron chi connectivity index (χ1n) is 8.82. The second-order valence-corrected chi connectivity index (χ2v) is 6.93. The SMILES string of the molecule is CCOc1ccc(C(=O)N2CCC(NC(=O)C(C)(C)C(=O)O)CC2)cc1. The van der Waals surface area contributed by atoms with E-state index < -0.39 is 17.3 Å². The number of nitrogens with one attached hydrogen (secondary N) is 1. The highest BCUT2D eigenvalue weighted by molar-refractivity contribution is 6.01. The summed E-state index contributed by atoms with van der Waals surface area (Å²) >= 11 is 0. The predicted molar refractivity (Wildman–Crippen MR) is 96.1 cm³/mol. The number of hydrogen-bond donors (Lipinski definition) is 2. The van der Waals surface area contributed by atoms with Gasteiger partial charge in [0.05, 0.1) is 6.61 Å². The number of carbonyl (C=O) groups is 3. The fourth-order valence-electron chi connectivity index (χ4n) is 2.73. The quantitative estimate of drug-likeness (QED) is 0.754. The largest absolute Gasteiger partial charge is 0.494 e. The van der Waals surface area contributed by atoms with Gasteiger partial charge in [0.1, 0.15) is 11.2 Å². The number of amides is 2. The Bertz CT molecular complexity index is 661. The van der Waals surface area contributed by atoms with Crippen LogP contribution in [0.1, 0.15) is 44.0 Å². The van der Waals surface area contributed by atoms with E-state index in [-0.39, 0.29) is 11.9 Å². The molecule has 0 aromatic heterocycles. The standard InChI is InChI=1S/C19H26N2O5/c1-4-26-15-7-5-13(6-8-15)16(22)21-11-9-14(10-12-21)20-17(23)19(2,3)18(24)25/h5-8,14H,4,9-12H2,1-3H3,(H,20,23)(H,24,25). The highest BCUT2D eigenvalue weighted by Gasteiger charge is 2.37. The van der Waals surface area contributed by atoms with Crippen molar-refractivity contribution < 1.29 is 24.2 Å². The van der Waals surface area contributed by atoms with Gasteiger partial charge in [-0.2, -0.15) is 0 Å². The maximum atomic E-state index is 12.6. The lowest BCUT2D eigenvalue weighted by molar-refractivity contribution is -0.153. The van der Waals surface area contributed by atoms with Crippen molar-refractivity contribution in [3.8, 4) is 5.75 Å². The van der Waals surface area contributed by atoms with Crippen LogP contribution in [0, 0.1) is 5.41 Å². The Morgan fingerprint density at radius 3 is 2.27 bits per heavy atom. The van der Waals surface area contributed by atoms with Crippen LogP contribution in [-0.4, -0.2) is 53.5 Å². The molecule has 26 heavy (non-hydrogen) atoms. The van der Waals surface area contributed by atoms with Crippen LogP contribution in [0.15, 0.2) is 24.3 Å². The van der Waals surface area contributed by atoms with Crippen LogP contribution in [-0.2, 0) is 9.59 Å². The van der Waals surface area contributed by atoms with Crippen LogP contribution < -0.4 is 10.1 Å². The van der Waals surface area contributed by atoms with Crippen LogP contribution in [0.2, 0.25) is 0 Å². The molecule has 1 aliphatic heterocycles. The summed E-state index contributed by atoms with van der Waals surface area (Å²) in [5, 5.41) is 11.9. The van der Waals surface area contributed by atoms with Crippen molar-refractivity contribution in [2.24, 2.45) is 5.41 Å².